The van der Waals surface area contributed by atoms with Gasteiger partial charge in [0, 0.05) is 58.6 Å². The smallest absolute Gasteiger partial charge is 0.331 e. The van der Waals surface area contributed by atoms with E-state index in [9.17, 15) is 14.4 Å². The highest BCUT2D eigenvalue weighted by Gasteiger charge is 2.38. The molecule has 28 heavy (non-hydrogen) atoms. The normalized spacial score (nSPS) is 22.3. The number of hydrogen-bond donors (Lipinski definition) is 0. The van der Waals surface area contributed by atoms with Crippen molar-refractivity contribution in [2.45, 2.75) is 25.4 Å². The largest absolute Gasteiger partial charge is 0.333 e. The Hall–Kier alpha value is -2.74. The zero-order valence-corrected chi connectivity index (χ0v) is 16.2. The van der Waals surface area contributed by atoms with Crippen LogP contribution >= 0.6 is 0 Å². The second-order valence-corrected chi connectivity index (χ2v) is 7.84. The van der Waals surface area contributed by atoms with Crippen LogP contribution in [0.2, 0.25) is 0 Å². The van der Waals surface area contributed by atoms with Gasteiger partial charge in [0.05, 0.1) is 5.69 Å². The van der Waals surface area contributed by atoms with Gasteiger partial charge in [-0.25, -0.2) is 4.79 Å². The minimum atomic E-state index is -0.479. The third kappa shape index (κ3) is 3.40. The lowest BCUT2D eigenvalue weighted by Gasteiger charge is -2.36. The van der Waals surface area contributed by atoms with Crippen LogP contribution in [0.25, 0.3) is 0 Å². The van der Waals surface area contributed by atoms with E-state index in [0.717, 1.165) is 42.7 Å². The van der Waals surface area contributed by atoms with Gasteiger partial charge >= 0.3 is 5.69 Å². The molecule has 0 radical (unpaired) electrons. The van der Waals surface area contributed by atoms with Crippen LogP contribution in [0.5, 0.6) is 0 Å². The summed E-state index contributed by atoms with van der Waals surface area (Å²) in [6, 6.07) is 7.26. The van der Waals surface area contributed by atoms with Gasteiger partial charge in [-0.3, -0.25) is 28.6 Å². The molecule has 2 aromatic heterocycles. The van der Waals surface area contributed by atoms with E-state index in [1.807, 2.05) is 23.1 Å². The fourth-order valence-corrected chi connectivity index (χ4v) is 4.36. The van der Waals surface area contributed by atoms with E-state index in [4.69, 9.17) is 0 Å². The van der Waals surface area contributed by atoms with E-state index in [1.54, 1.807) is 13.2 Å². The molecule has 2 aromatic rings. The third-order valence-corrected chi connectivity index (χ3v) is 5.91. The number of piperidine rings is 1. The van der Waals surface area contributed by atoms with E-state index in [2.05, 4.69) is 9.88 Å². The maximum atomic E-state index is 13.2. The molecule has 3 saturated heterocycles. The Labute approximate surface area is 163 Å². The molecule has 5 rings (SSSR count). The fourth-order valence-electron chi connectivity index (χ4n) is 4.36. The van der Waals surface area contributed by atoms with Crippen molar-refractivity contribution in [1.29, 1.82) is 0 Å². The molecule has 3 aliphatic rings. The zero-order valence-electron chi connectivity index (χ0n) is 16.2. The first-order valence-corrected chi connectivity index (χ1v) is 9.64. The Morgan fingerprint density at radius 2 is 1.93 bits per heavy atom. The summed E-state index contributed by atoms with van der Waals surface area (Å²) >= 11 is 0. The quantitative estimate of drug-likeness (QED) is 0.757. The monoisotopic (exact) mass is 383 g/mol. The van der Waals surface area contributed by atoms with Crippen LogP contribution in [0, 0.1) is 5.92 Å². The summed E-state index contributed by atoms with van der Waals surface area (Å²) in [5.74, 6) is 0.154. The molecule has 8 heteroatoms. The number of aromatic nitrogens is 3. The van der Waals surface area contributed by atoms with E-state index in [0.29, 0.717) is 12.5 Å². The van der Waals surface area contributed by atoms with Crippen molar-refractivity contribution in [2.75, 3.05) is 19.6 Å². The van der Waals surface area contributed by atoms with Gasteiger partial charge in [0.15, 0.2) is 0 Å². The molecule has 0 spiro atoms. The first-order valence-electron chi connectivity index (χ1n) is 9.64. The Kier molecular flexibility index (Phi) is 4.89. The molecule has 5 heterocycles. The van der Waals surface area contributed by atoms with Crippen LogP contribution in [-0.2, 0) is 20.6 Å². The van der Waals surface area contributed by atoms with E-state index < -0.39 is 11.2 Å². The molecule has 0 aromatic carbocycles. The summed E-state index contributed by atoms with van der Waals surface area (Å²) in [6.45, 7) is 3.12. The number of rotatable bonds is 3. The highest BCUT2D eigenvalue weighted by atomic mass is 16.2. The van der Waals surface area contributed by atoms with Crippen LogP contribution in [0.15, 0.2) is 40.1 Å². The van der Waals surface area contributed by atoms with E-state index in [-0.39, 0.29) is 17.6 Å². The van der Waals surface area contributed by atoms with Crippen LogP contribution in [-0.4, -0.2) is 55.5 Å². The lowest BCUT2D eigenvalue weighted by molar-refractivity contribution is 0.0572. The topological polar surface area (TPSA) is 80.4 Å². The van der Waals surface area contributed by atoms with Crippen LogP contribution < -0.4 is 11.2 Å². The predicted octanol–water partition coefficient (Wildman–Crippen LogP) is 0.216. The van der Waals surface area contributed by atoms with Crippen molar-refractivity contribution in [3.05, 3.63) is 62.7 Å². The minimum Gasteiger partial charge on any atom is -0.333 e. The first-order chi connectivity index (χ1) is 13.4. The Morgan fingerprint density at radius 3 is 2.68 bits per heavy atom. The van der Waals surface area contributed by atoms with Crippen LogP contribution in [0.1, 0.15) is 29.0 Å². The second-order valence-electron chi connectivity index (χ2n) is 7.84. The molecule has 8 nitrogen and oxygen atoms in total. The maximum absolute atomic E-state index is 13.2. The van der Waals surface area contributed by atoms with Gasteiger partial charge in [0.1, 0.15) is 5.69 Å². The number of carbonyl (C=O) groups is 1. The number of hydrogen-bond acceptors (Lipinski definition) is 5. The number of pyridine rings is 1. The summed E-state index contributed by atoms with van der Waals surface area (Å²) < 4.78 is 2.29. The molecule has 0 saturated carbocycles. The molecule has 3 fully saturated rings. The Balaban J connectivity index is 1.58. The molecule has 1 amide bonds. The average Bonchev–Trinajstić information content (AvgIpc) is 3.00. The first kappa shape index (κ1) is 18.6. The van der Waals surface area contributed by atoms with Crippen molar-refractivity contribution in [3.63, 3.8) is 0 Å². The molecule has 0 unspecified atom stereocenters. The average molecular weight is 383 g/mol. The van der Waals surface area contributed by atoms with Crippen molar-refractivity contribution in [1.82, 2.24) is 23.9 Å². The highest BCUT2D eigenvalue weighted by molar-refractivity contribution is 5.92. The van der Waals surface area contributed by atoms with Gasteiger partial charge in [0.25, 0.3) is 11.5 Å². The molecule has 148 valence electrons. The minimum absolute atomic E-state index is 0.0779. The third-order valence-electron chi connectivity index (χ3n) is 5.91. The van der Waals surface area contributed by atoms with E-state index >= 15 is 0 Å². The van der Waals surface area contributed by atoms with E-state index in [1.165, 1.54) is 17.7 Å². The number of fused-ring (bicyclic) bond motifs is 4. The maximum Gasteiger partial charge on any atom is 0.331 e. The van der Waals surface area contributed by atoms with Gasteiger partial charge in [-0.1, -0.05) is 6.07 Å². The lowest BCUT2D eigenvalue weighted by Crippen LogP contribution is -2.49. The summed E-state index contributed by atoms with van der Waals surface area (Å²) in [6.07, 6.45) is 3.82. The molecule has 0 N–H and O–H groups in total. The molecular weight excluding hydrogens is 358 g/mol. The number of carbonyl (C=O) groups excluding carboxylic acids is 1. The standard InChI is InChI=1S/C20H25N5O3/c1-22-17(9-18(26)23(2)20(22)28)19(27)25-11-14-6-7-16(25)13-24(10-14)12-15-5-3-4-8-21-15/h3-5,8-9,14,16H,6-7,10-13H2,1-2H3/t14-,16+/m0/s1. The van der Waals surface area contributed by atoms with Crippen molar-refractivity contribution in [2.24, 2.45) is 20.0 Å². The number of nitrogens with zero attached hydrogens (tertiary/aromatic N) is 5. The fraction of sp³-hybridized carbons (Fsp3) is 0.500. The van der Waals surface area contributed by atoms with Crippen molar-refractivity contribution in [3.8, 4) is 0 Å². The van der Waals surface area contributed by atoms with Gasteiger partial charge in [-0.05, 0) is 30.9 Å². The van der Waals surface area contributed by atoms with Gasteiger partial charge in [-0.15, -0.1) is 0 Å². The summed E-state index contributed by atoms with van der Waals surface area (Å²) in [4.78, 5) is 46.1. The lowest BCUT2D eigenvalue weighted by atomic mass is 9.94. The highest BCUT2D eigenvalue weighted by Crippen LogP contribution is 2.29. The Morgan fingerprint density at radius 1 is 1.11 bits per heavy atom. The molecule has 3 aliphatic heterocycles. The van der Waals surface area contributed by atoms with Crippen LogP contribution in [0.3, 0.4) is 0 Å². The van der Waals surface area contributed by atoms with Gasteiger partial charge in [0.2, 0.25) is 0 Å². The molecular formula is C20H25N5O3. The van der Waals surface area contributed by atoms with Gasteiger partial charge in [-0.2, -0.15) is 0 Å². The molecule has 2 atom stereocenters. The van der Waals surface area contributed by atoms with Crippen LogP contribution in [0.4, 0.5) is 0 Å². The SMILES string of the molecule is Cn1c(C(=O)N2C[C@H]3CC[C@@H]2CN(Cc2ccccn2)C3)cc(=O)n(C)c1=O. The molecule has 2 bridgehead atoms. The second kappa shape index (κ2) is 7.35. The summed E-state index contributed by atoms with van der Waals surface area (Å²) in [5, 5.41) is 0. The predicted molar refractivity (Wildman–Crippen MR) is 104 cm³/mol. The molecule has 0 aliphatic carbocycles. The number of amides is 1. The van der Waals surface area contributed by atoms with Gasteiger partial charge < -0.3 is 4.90 Å². The summed E-state index contributed by atoms with van der Waals surface area (Å²) in [5.41, 5.74) is 0.253. The summed E-state index contributed by atoms with van der Waals surface area (Å²) in [7, 11) is 2.96. The van der Waals surface area contributed by atoms with Crippen molar-refractivity contribution < 1.29 is 4.79 Å². The Bertz CT molecular complexity index is 997. The zero-order chi connectivity index (χ0) is 19.8. The van der Waals surface area contributed by atoms with Crippen molar-refractivity contribution >= 4 is 5.91 Å².